The molecule has 0 atom stereocenters. The summed E-state index contributed by atoms with van der Waals surface area (Å²) in [5.41, 5.74) is 2.59. The zero-order valence-corrected chi connectivity index (χ0v) is 16.3. The van der Waals surface area contributed by atoms with Gasteiger partial charge in [0.2, 0.25) is 0 Å². The van der Waals surface area contributed by atoms with E-state index in [0.717, 1.165) is 23.1 Å². The van der Waals surface area contributed by atoms with Crippen LogP contribution < -0.4 is 10.6 Å². The van der Waals surface area contributed by atoms with Crippen LogP contribution in [0.1, 0.15) is 5.56 Å². The highest BCUT2D eigenvalue weighted by Gasteiger charge is 2.10. The van der Waals surface area contributed by atoms with E-state index in [1.807, 2.05) is 12.1 Å². The van der Waals surface area contributed by atoms with E-state index in [1.165, 1.54) is 0 Å². The van der Waals surface area contributed by atoms with Gasteiger partial charge in [-0.1, -0.05) is 23.2 Å². The lowest BCUT2D eigenvalue weighted by molar-refractivity contribution is 0.188. The maximum Gasteiger partial charge on any atom is 0.319 e. The van der Waals surface area contributed by atoms with Crippen LogP contribution in [-0.4, -0.2) is 35.8 Å². The number of hydrogen-bond acceptors (Lipinski definition) is 3. The second-order valence-corrected chi connectivity index (χ2v) is 6.88. The normalized spacial score (nSPS) is 10.9. The van der Waals surface area contributed by atoms with Gasteiger partial charge in [0.15, 0.2) is 0 Å². The van der Waals surface area contributed by atoms with Crippen LogP contribution in [0, 0.1) is 0 Å². The van der Waals surface area contributed by atoms with E-state index in [1.54, 1.807) is 31.5 Å². The van der Waals surface area contributed by atoms with E-state index < -0.39 is 0 Å². The fraction of sp³-hybridized carbons (Fsp3) is 0.263. The SMILES string of the molecule is COCCn1cc(CCNC(=O)Nc2cc(Cl)cc(Cl)c2)c2cccnc21. The van der Waals surface area contributed by atoms with Gasteiger partial charge in [-0.2, -0.15) is 0 Å². The van der Waals surface area contributed by atoms with Gasteiger partial charge in [-0.3, -0.25) is 0 Å². The van der Waals surface area contributed by atoms with Crippen LogP contribution in [0.15, 0.2) is 42.7 Å². The molecule has 2 amide bonds. The summed E-state index contributed by atoms with van der Waals surface area (Å²) < 4.78 is 7.23. The Balaban J connectivity index is 1.60. The lowest BCUT2D eigenvalue weighted by atomic mass is 10.1. The molecule has 0 aliphatic heterocycles. The first kappa shape index (κ1) is 19.5. The predicted octanol–water partition coefficient (Wildman–Crippen LogP) is 4.35. The van der Waals surface area contributed by atoms with Gasteiger partial charge < -0.3 is 19.9 Å². The molecule has 6 nitrogen and oxygen atoms in total. The Morgan fingerprint density at radius 1 is 1.26 bits per heavy atom. The van der Waals surface area contributed by atoms with Gasteiger partial charge in [0.1, 0.15) is 5.65 Å². The maximum absolute atomic E-state index is 12.1. The molecule has 1 aromatic carbocycles. The van der Waals surface area contributed by atoms with Gasteiger partial charge >= 0.3 is 6.03 Å². The van der Waals surface area contributed by atoms with Gasteiger partial charge in [-0.05, 0) is 42.3 Å². The number of amides is 2. The summed E-state index contributed by atoms with van der Waals surface area (Å²) in [6.07, 6.45) is 4.52. The smallest absolute Gasteiger partial charge is 0.319 e. The van der Waals surface area contributed by atoms with E-state index in [4.69, 9.17) is 27.9 Å². The number of ether oxygens (including phenoxy) is 1. The van der Waals surface area contributed by atoms with Crippen LogP contribution in [0.2, 0.25) is 10.0 Å². The van der Waals surface area contributed by atoms with Gasteiger partial charge in [-0.15, -0.1) is 0 Å². The van der Waals surface area contributed by atoms with E-state index >= 15 is 0 Å². The Morgan fingerprint density at radius 3 is 2.78 bits per heavy atom. The van der Waals surface area contributed by atoms with Crippen molar-refractivity contribution in [1.29, 1.82) is 0 Å². The summed E-state index contributed by atoms with van der Waals surface area (Å²) in [6.45, 7) is 1.83. The molecule has 0 saturated carbocycles. The number of methoxy groups -OCH3 is 1. The van der Waals surface area contributed by atoms with Crippen molar-refractivity contribution in [2.24, 2.45) is 0 Å². The highest BCUT2D eigenvalue weighted by molar-refractivity contribution is 6.35. The van der Waals surface area contributed by atoms with Crippen LogP contribution in [0.25, 0.3) is 11.0 Å². The van der Waals surface area contributed by atoms with Crippen molar-refractivity contribution < 1.29 is 9.53 Å². The highest BCUT2D eigenvalue weighted by atomic mass is 35.5. The third kappa shape index (κ3) is 5.13. The number of anilines is 1. The van der Waals surface area contributed by atoms with E-state index in [-0.39, 0.29) is 6.03 Å². The zero-order chi connectivity index (χ0) is 19.2. The highest BCUT2D eigenvalue weighted by Crippen LogP contribution is 2.22. The van der Waals surface area contributed by atoms with Crippen molar-refractivity contribution in [2.75, 3.05) is 25.6 Å². The Kier molecular flexibility index (Phi) is 6.55. The predicted molar refractivity (Wildman–Crippen MR) is 109 cm³/mol. The van der Waals surface area contributed by atoms with Crippen molar-refractivity contribution in [3.05, 3.63) is 58.3 Å². The molecule has 2 aromatic heterocycles. The molecule has 0 spiro atoms. The van der Waals surface area contributed by atoms with E-state index in [2.05, 4.69) is 26.4 Å². The Morgan fingerprint density at radius 2 is 2.04 bits per heavy atom. The number of carbonyl (C=O) groups is 1. The van der Waals surface area contributed by atoms with E-state index in [9.17, 15) is 4.79 Å². The molecular weight excluding hydrogens is 387 g/mol. The van der Waals surface area contributed by atoms with Crippen LogP contribution in [-0.2, 0) is 17.7 Å². The first-order chi connectivity index (χ1) is 13.1. The van der Waals surface area contributed by atoms with Crippen LogP contribution in [0.3, 0.4) is 0 Å². The molecule has 0 bridgehead atoms. The number of benzene rings is 1. The first-order valence-electron chi connectivity index (χ1n) is 8.49. The molecule has 0 saturated heterocycles. The molecule has 2 N–H and O–H groups in total. The number of carbonyl (C=O) groups excluding carboxylic acids is 1. The first-order valence-corrected chi connectivity index (χ1v) is 9.25. The Labute approximate surface area is 167 Å². The molecule has 2 heterocycles. The number of pyridine rings is 1. The Bertz CT molecular complexity index is 922. The maximum atomic E-state index is 12.1. The molecule has 8 heteroatoms. The van der Waals surface area contributed by atoms with E-state index in [0.29, 0.717) is 35.3 Å². The number of hydrogen-bond donors (Lipinski definition) is 2. The number of nitrogens with zero attached hydrogens (tertiary/aromatic N) is 2. The molecule has 0 unspecified atom stereocenters. The van der Waals surface area contributed by atoms with Gasteiger partial charge in [0.05, 0.1) is 6.61 Å². The molecule has 0 radical (unpaired) electrons. The lowest BCUT2D eigenvalue weighted by Gasteiger charge is -2.08. The van der Waals surface area contributed by atoms with Crippen LogP contribution in [0.5, 0.6) is 0 Å². The summed E-state index contributed by atoms with van der Waals surface area (Å²) in [4.78, 5) is 16.5. The van der Waals surface area contributed by atoms with Crippen molar-refractivity contribution in [3.8, 4) is 0 Å². The number of rotatable bonds is 7. The summed E-state index contributed by atoms with van der Waals surface area (Å²) in [5.74, 6) is 0. The fourth-order valence-corrected chi connectivity index (χ4v) is 3.39. The van der Waals surface area contributed by atoms with Gasteiger partial charge in [0.25, 0.3) is 0 Å². The van der Waals surface area contributed by atoms with Crippen LogP contribution >= 0.6 is 23.2 Å². The van der Waals surface area contributed by atoms with Crippen molar-refractivity contribution in [2.45, 2.75) is 13.0 Å². The average molecular weight is 407 g/mol. The summed E-state index contributed by atoms with van der Waals surface area (Å²) in [6, 6.07) is 8.53. The number of aromatic nitrogens is 2. The Hall–Kier alpha value is -2.28. The third-order valence-electron chi connectivity index (χ3n) is 4.05. The summed E-state index contributed by atoms with van der Waals surface area (Å²) in [7, 11) is 1.68. The largest absolute Gasteiger partial charge is 0.383 e. The zero-order valence-electron chi connectivity index (χ0n) is 14.8. The molecule has 0 fully saturated rings. The van der Waals surface area contributed by atoms with Gasteiger partial charge in [-0.25, -0.2) is 9.78 Å². The number of halogens is 2. The summed E-state index contributed by atoms with van der Waals surface area (Å²) >= 11 is 11.9. The molecule has 27 heavy (non-hydrogen) atoms. The topological polar surface area (TPSA) is 68.2 Å². The van der Waals surface area contributed by atoms with Gasteiger partial charge in [0, 0.05) is 53.7 Å². The minimum Gasteiger partial charge on any atom is -0.383 e. The lowest BCUT2D eigenvalue weighted by Crippen LogP contribution is -2.30. The molecule has 0 aliphatic carbocycles. The molecule has 3 rings (SSSR count). The minimum absolute atomic E-state index is 0.311. The number of nitrogens with one attached hydrogen (secondary N) is 2. The van der Waals surface area contributed by atoms with Crippen molar-refractivity contribution in [1.82, 2.24) is 14.9 Å². The van der Waals surface area contributed by atoms with Crippen LogP contribution in [0.4, 0.5) is 10.5 Å². The molecule has 0 aliphatic rings. The average Bonchev–Trinajstić information content (AvgIpc) is 2.97. The summed E-state index contributed by atoms with van der Waals surface area (Å²) in [5, 5.41) is 7.59. The van der Waals surface area contributed by atoms with Crippen molar-refractivity contribution >= 4 is 46.0 Å². The standard InChI is InChI=1S/C19H20Cl2N4O2/c1-27-8-7-25-12-13(17-3-2-5-22-18(17)25)4-6-23-19(26)24-16-10-14(20)9-15(21)11-16/h2-3,5,9-12H,4,6-8H2,1H3,(H2,23,24,26). The second kappa shape index (κ2) is 9.08. The molecular formula is C19H20Cl2N4O2. The molecule has 3 aromatic rings. The number of urea groups is 1. The monoisotopic (exact) mass is 406 g/mol. The fourth-order valence-electron chi connectivity index (χ4n) is 2.87. The van der Waals surface area contributed by atoms with Crippen molar-refractivity contribution in [3.63, 3.8) is 0 Å². The quantitative estimate of drug-likeness (QED) is 0.612. The third-order valence-corrected chi connectivity index (χ3v) is 4.49. The molecule has 142 valence electrons. The number of fused-ring (bicyclic) bond motifs is 1. The second-order valence-electron chi connectivity index (χ2n) is 6.00. The minimum atomic E-state index is -0.311.